The molecule has 0 bridgehead atoms. The van der Waals surface area contributed by atoms with Crippen molar-refractivity contribution in [3.8, 4) is 5.75 Å². The van der Waals surface area contributed by atoms with Gasteiger partial charge in [-0.2, -0.15) is 4.98 Å². The molecule has 0 spiro atoms. The number of halogens is 1. The van der Waals surface area contributed by atoms with Crippen molar-refractivity contribution in [2.75, 3.05) is 17.7 Å². The van der Waals surface area contributed by atoms with Crippen molar-refractivity contribution >= 4 is 29.4 Å². The average molecular weight is 488 g/mol. The number of fused-ring (bicyclic) bond motifs is 1. The summed E-state index contributed by atoms with van der Waals surface area (Å²) in [5.41, 5.74) is 3.18. The number of hydrogen-bond donors (Lipinski definition) is 2. The van der Waals surface area contributed by atoms with Crippen LogP contribution in [0.15, 0.2) is 78.9 Å². The Hall–Kier alpha value is -3.84. The summed E-state index contributed by atoms with van der Waals surface area (Å²) < 4.78 is 7.12. The lowest BCUT2D eigenvalue weighted by Crippen LogP contribution is -2.28. The van der Waals surface area contributed by atoms with E-state index in [0.29, 0.717) is 30.2 Å². The van der Waals surface area contributed by atoms with Gasteiger partial charge in [0.25, 0.3) is 5.95 Å². The normalized spacial score (nSPS) is 16.7. The van der Waals surface area contributed by atoms with Gasteiger partial charge in [0.05, 0.1) is 19.2 Å². The third-order valence-corrected chi connectivity index (χ3v) is 6.55. The molecular formula is C27H26ClN5O2. The van der Waals surface area contributed by atoms with Crippen LogP contribution in [0.2, 0.25) is 5.02 Å². The summed E-state index contributed by atoms with van der Waals surface area (Å²) in [6.45, 7) is 0. The van der Waals surface area contributed by atoms with Crippen molar-refractivity contribution < 1.29 is 9.53 Å². The fraction of sp³-hybridized carbons (Fsp3) is 0.222. The van der Waals surface area contributed by atoms with Crippen molar-refractivity contribution in [1.82, 2.24) is 14.8 Å². The molecule has 4 aromatic rings. The maximum absolute atomic E-state index is 12.6. The molecule has 2 heterocycles. The molecule has 0 fully saturated rings. The molecule has 0 aliphatic carbocycles. The van der Waals surface area contributed by atoms with Crippen LogP contribution in [0.25, 0.3) is 0 Å². The SMILES string of the molecule is COc1ccc(C2CC(c3ccccc3Cl)n3nc(NC(=O)CCc4ccccc4)nc3N2)cc1. The zero-order valence-corrected chi connectivity index (χ0v) is 20.1. The number of benzene rings is 3. The number of ether oxygens (including phenoxy) is 1. The minimum atomic E-state index is -0.144. The molecular weight excluding hydrogens is 462 g/mol. The number of rotatable bonds is 7. The lowest BCUT2D eigenvalue weighted by atomic mass is 9.93. The van der Waals surface area contributed by atoms with Gasteiger partial charge in [0.2, 0.25) is 11.9 Å². The highest BCUT2D eigenvalue weighted by molar-refractivity contribution is 6.31. The molecule has 8 heteroatoms. The Labute approximate surface area is 209 Å². The highest BCUT2D eigenvalue weighted by Gasteiger charge is 2.32. The number of carbonyl (C=O) groups excluding carboxylic acids is 1. The van der Waals surface area contributed by atoms with Crippen LogP contribution in [0.5, 0.6) is 5.75 Å². The van der Waals surface area contributed by atoms with E-state index in [1.54, 1.807) is 7.11 Å². The molecule has 35 heavy (non-hydrogen) atoms. The van der Waals surface area contributed by atoms with Gasteiger partial charge in [-0.15, -0.1) is 5.10 Å². The smallest absolute Gasteiger partial charge is 0.250 e. The van der Waals surface area contributed by atoms with Crippen LogP contribution in [-0.2, 0) is 11.2 Å². The van der Waals surface area contributed by atoms with E-state index in [0.717, 1.165) is 22.4 Å². The fourth-order valence-electron chi connectivity index (χ4n) is 4.38. The fourth-order valence-corrected chi connectivity index (χ4v) is 4.64. The van der Waals surface area contributed by atoms with Crippen LogP contribution < -0.4 is 15.4 Å². The summed E-state index contributed by atoms with van der Waals surface area (Å²) in [6, 6.07) is 25.5. The van der Waals surface area contributed by atoms with E-state index in [1.165, 1.54) is 0 Å². The third kappa shape index (κ3) is 5.15. The Balaban J connectivity index is 1.39. The monoisotopic (exact) mass is 487 g/mol. The Morgan fingerprint density at radius 3 is 2.57 bits per heavy atom. The number of hydrogen-bond acceptors (Lipinski definition) is 5. The molecule has 5 rings (SSSR count). The van der Waals surface area contributed by atoms with Crippen molar-refractivity contribution in [3.63, 3.8) is 0 Å². The first-order chi connectivity index (χ1) is 17.1. The van der Waals surface area contributed by atoms with E-state index >= 15 is 0 Å². The molecule has 0 saturated heterocycles. The Morgan fingerprint density at radius 1 is 1.09 bits per heavy atom. The number of methoxy groups -OCH3 is 1. The predicted molar refractivity (Wildman–Crippen MR) is 137 cm³/mol. The molecule has 2 N–H and O–H groups in total. The number of nitrogens with one attached hydrogen (secondary N) is 2. The minimum absolute atomic E-state index is 0.0134. The van der Waals surface area contributed by atoms with Gasteiger partial charge in [0, 0.05) is 11.4 Å². The van der Waals surface area contributed by atoms with E-state index in [9.17, 15) is 4.79 Å². The van der Waals surface area contributed by atoms with Gasteiger partial charge in [-0.3, -0.25) is 10.1 Å². The second kappa shape index (κ2) is 10.2. The zero-order valence-electron chi connectivity index (χ0n) is 19.3. The second-order valence-electron chi connectivity index (χ2n) is 8.48. The van der Waals surface area contributed by atoms with Gasteiger partial charge in [-0.1, -0.05) is 72.3 Å². The second-order valence-corrected chi connectivity index (χ2v) is 8.89. The lowest BCUT2D eigenvalue weighted by molar-refractivity contribution is -0.116. The molecule has 0 saturated carbocycles. The van der Waals surface area contributed by atoms with Crippen LogP contribution in [0.4, 0.5) is 11.9 Å². The third-order valence-electron chi connectivity index (χ3n) is 6.21. The first-order valence-electron chi connectivity index (χ1n) is 11.6. The van der Waals surface area contributed by atoms with Crippen molar-refractivity contribution in [1.29, 1.82) is 0 Å². The number of amides is 1. The first kappa shape index (κ1) is 22.9. The largest absolute Gasteiger partial charge is 0.497 e. The van der Waals surface area contributed by atoms with Gasteiger partial charge in [0.15, 0.2) is 0 Å². The molecule has 1 aliphatic rings. The van der Waals surface area contributed by atoms with E-state index in [-0.39, 0.29) is 23.9 Å². The maximum atomic E-state index is 12.6. The first-order valence-corrected chi connectivity index (χ1v) is 11.9. The average Bonchev–Trinajstić information content (AvgIpc) is 3.30. The number of aromatic nitrogens is 3. The standard InChI is InChI=1S/C27H26ClN5O2/c1-35-20-14-12-19(13-15-20)23-17-24(21-9-5-6-10-22(21)28)33-27(29-23)31-26(32-33)30-25(34)16-11-18-7-3-2-4-8-18/h2-10,12-15,23-24H,11,16-17H2,1H3,(H2,29,30,31,32,34). The summed E-state index contributed by atoms with van der Waals surface area (Å²) in [5, 5.41) is 11.6. The zero-order chi connectivity index (χ0) is 24.2. The topological polar surface area (TPSA) is 81.1 Å². The van der Waals surface area contributed by atoms with Crippen LogP contribution in [0, 0.1) is 0 Å². The maximum Gasteiger partial charge on any atom is 0.250 e. The number of carbonyl (C=O) groups is 1. The molecule has 2 unspecified atom stereocenters. The van der Waals surface area contributed by atoms with Crippen LogP contribution in [-0.4, -0.2) is 27.8 Å². The Kier molecular flexibility index (Phi) is 6.68. The minimum Gasteiger partial charge on any atom is -0.497 e. The molecule has 7 nitrogen and oxygen atoms in total. The summed E-state index contributed by atoms with van der Waals surface area (Å²) in [5.74, 6) is 1.53. The summed E-state index contributed by atoms with van der Waals surface area (Å²) in [6.07, 6.45) is 1.72. The molecule has 0 radical (unpaired) electrons. The quantitative estimate of drug-likeness (QED) is 0.351. The van der Waals surface area contributed by atoms with Crippen molar-refractivity contribution in [3.05, 3.63) is 101 Å². The summed E-state index contributed by atoms with van der Waals surface area (Å²) in [7, 11) is 1.65. The summed E-state index contributed by atoms with van der Waals surface area (Å²) in [4.78, 5) is 17.2. The van der Waals surface area contributed by atoms with Gasteiger partial charge in [0.1, 0.15) is 5.75 Å². The van der Waals surface area contributed by atoms with E-state index in [1.807, 2.05) is 83.5 Å². The van der Waals surface area contributed by atoms with Gasteiger partial charge >= 0.3 is 0 Å². The van der Waals surface area contributed by atoms with Crippen LogP contribution in [0.1, 0.15) is 41.6 Å². The van der Waals surface area contributed by atoms with Crippen molar-refractivity contribution in [2.24, 2.45) is 0 Å². The lowest BCUT2D eigenvalue weighted by Gasteiger charge is -2.32. The van der Waals surface area contributed by atoms with E-state index < -0.39 is 0 Å². The molecule has 1 aromatic heterocycles. The highest BCUT2D eigenvalue weighted by Crippen LogP contribution is 2.40. The summed E-state index contributed by atoms with van der Waals surface area (Å²) >= 11 is 6.58. The molecule has 3 aromatic carbocycles. The van der Waals surface area contributed by atoms with E-state index in [4.69, 9.17) is 16.3 Å². The Bertz CT molecular complexity index is 1310. The van der Waals surface area contributed by atoms with Gasteiger partial charge < -0.3 is 10.1 Å². The molecule has 178 valence electrons. The van der Waals surface area contributed by atoms with Gasteiger partial charge in [-0.25, -0.2) is 4.68 Å². The van der Waals surface area contributed by atoms with Crippen molar-refractivity contribution in [2.45, 2.75) is 31.3 Å². The molecule has 2 atom stereocenters. The van der Waals surface area contributed by atoms with E-state index in [2.05, 4.69) is 20.7 Å². The van der Waals surface area contributed by atoms with Gasteiger partial charge in [-0.05, 0) is 47.7 Å². The predicted octanol–water partition coefficient (Wildman–Crippen LogP) is 5.66. The number of anilines is 2. The van der Waals surface area contributed by atoms with Crippen LogP contribution >= 0.6 is 11.6 Å². The highest BCUT2D eigenvalue weighted by atomic mass is 35.5. The molecule has 1 amide bonds. The molecule has 1 aliphatic heterocycles. The number of nitrogens with zero attached hydrogens (tertiary/aromatic N) is 3. The van der Waals surface area contributed by atoms with Crippen LogP contribution in [0.3, 0.4) is 0 Å². The Morgan fingerprint density at radius 2 is 1.83 bits per heavy atom. The number of aryl methyl sites for hydroxylation is 1.